The highest BCUT2D eigenvalue weighted by molar-refractivity contribution is 6.52. The van der Waals surface area contributed by atoms with Crippen LogP contribution in [0.15, 0.2) is 66.2 Å². The Labute approximate surface area is 203 Å². The zero-order valence-corrected chi connectivity index (χ0v) is 20.0. The molecule has 4 rings (SSSR count). The fourth-order valence-corrected chi connectivity index (χ4v) is 4.28. The lowest BCUT2D eigenvalue weighted by atomic mass is 9.94. The molecule has 0 aliphatic carbocycles. The Morgan fingerprint density at radius 3 is 2.41 bits per heavy atom. The second-order valence-corrected chi connectivity index (χ2v) is 8.49. The molecule has 3 aromatic rings. The molecule has 0 aromatic heterocycles. The molecule has 0 radical (unpaired) electrons. The van der Waals surface area contributed by atoms with Gasteiger partial charge in [-0.1, -0.05) is 41.4 Å². The van der Waals surface area contributed by atoms with Crippen molar-refractivity contribution in [2.45, 2.75) is 19.9 Å². The van der Waals surface area contributed by atoms with E-state index in [-0.39, 0.29) is 11.3 Å². The van der Waals surface area contributed by atoms with Crippen molar-refractivity contribution in [2.75, 3.05) is 19.1 Å². The van der Waals surface area contributed by atoms with Crippen LogP contribution in [-0.2, 0) is 9.59 Å². The number of hydrogen-bond acceptors (Lipinski definition) is 5. The van der Waals surface area contributed by atoms with Gasteiger partial charge in [0.15, 0.2) is 0 Å². The minimum Gasteiger partial charge on any atom is -0.507 e. The van der Waals surface area contributed by atoms with Crippen LogP contribution in [0.2, 0.25) is 5.02 Å². The first kappa shape index (κ1) is 23.4. The van der Waals surface area contributed by atoms with Gasteiger partial charge in [-0.15, -0.1) is 0 Å². The number of aliphatic hydroxyl groups is 1. The molecule has 6 nitrogen and oxygen atoms in total. The molecule has 0 saturated carbocycles. The van der Waals surface area contributed by atoms with Crippen LogP contribution in [0.1, 0.15) is 28.3 Å². The topological polar surface area (TPSA) is 76.1 Å². The highest BCUT2D eigenvalue weighted by atomic mass is 35.5. The third kappa shape index (κ3) is 4.01. The Morgan fingerprint density at radius 2 is 1.74 bits per heavy atom. The van der Waals surface area contributed by atoms with Crippen LogP contribution in [0.3, 0.4) is 0 Å². The monoisotopic (exact) mass is 477 g/mol. The molecule has 174 valence electrons. The third-order valence-corrected chi connectivity index (χ3v) is 6.30. The molecule has 1 aliphatic heterocycles. The van der Waals surface area contributed by atoms with E-state index >= 15 is 0 Å². The summed E-state index contributed by atoms with van der Waals surface area (Å²) in [5.74, 6) is -0.936. The number of carbonyl (C=O) groups excluding carboxylic acids is 2. The molecule has 1 heterocycles. The van der Waals surface area contributed by atoms with Crippen LogP contribution in [0.25, 0.3) is 5.76 Å². The summed E-state index contributed by atoms with van der Waals surface area (Å²) in [5, 5.41) is 11.9. The van der Waals surface area contributed by atoms with E-state index in [1.165, 1.54) is 19.1 Å². The van der Waals surface area contributed by atoms with E-state index in [1.807, 2.05) is 19.9 Å². The van der Waals surface area contributed by atoms with Crippen molar-refractivity contribution in [2.24, 2.45) is 0 Å². The van der Waals surface area contributed by atoms with Gasteiger partial charge in [0.2, 0.25) is 0 Å². The number of nitrogens with zero attached hydrogens (tertiary/aromatic N) is 1. The first-order valence-corrected chi connectivity index (χ1v) is 11.0. The van der Waals surface area contributed by atoms with Crippen LogP contribution < -0.4 is 14.4 Å². The number of anilines is 1. The van der Waals surface area contributed by atoms with Crippen molar-refractivity contribution in [3.63, 3.8) is 0 Å². The van der Waals surface area contributed by atoms with Crippen LogP contribution in [0, 0.1) is 13.8 Å². The van der Waals surface area contributed by atoms with E-state index in [2.05, 4.69) is 0 Å². The molecule has 34 heavy (non-hydrogen) atoms. The molecular weight excluding hydrogens is 454 g/mol. The molecule has 1 atom stereocenters. The molecule has 1 unspecified atom stereocenters. The Kier molecular flexibility index (Phi) is 6.35. The standard InChI is InChI=1S/C27H24ClNO5/c1-15-8-11-22(34-4)20(12-15)25(30)23-24(17-6-5-7-19(13-17)33-3)29(27(32)26(23)31)18-10-9-16(2)21(28)14-18/h5-14,24,30H,1-4H3/b25-23+. The molecule has 7 heteroatoms. The highest BCUT2D eigenvalue weighted by Gasteiger charge is 2.47. The molecule has 1 amide bonds. The number of ether oxygens (including phenoxy) is 2. The molecule has 3 aromatic carbocycles. The summed E-state index contributed by atoms with van der Waals surface area (Å²) in [6, 6.07) is 16.6. The summed E-state index contributed by atoms with van der Waals surface area (Å²) >= 11 is 6.35. The zero-order valence-electron chi connectivity index (χ0n) is 19.3. The lowest BCUT2D eigenvalue weighted by Gasteiger charge is -2.26. The van der Waals surface area contributed by atoms with Crippen LogP contribution in [0.5, 0.6) is 11.5 Å². The maximum absolute atomic E-state index is 13.4. The van der Waals surface area contributed by atoms with Crippen molar-refractivity contribution < 1.29 is 24.2 Å². The van der Waals surface area contributed by atoms with Gasteiger partial charge in [-0.25, -0.2) is 0 Å². The second-order valence-electron chi connectivity index (χ2n) is 8.08. The number of halogens is 1. The Balaban J connectivity index is 2.01. The predicted molar refractivity (Wildman–Crippen MR) is 132 cm³/mol. The van der Waals surface area contributed by atoms with Crippen molar-refractivity contribution in [1.82, 2.24) is 0 Å². The molecule has 1 fully saturated rings. The molecule has 0 bridgehead atoms. The predicted octanol–water partition coefficient (Wildman–Crippen LogP) is 5.60. The number of ketones is 1. The Hall–Kier alpha value is -3.77. The number of benzene rings is 3. The molecule has 1 aliphatic rings. The van der Waals surface area contributed by atoms with Gasteiger partial charge < -0.3 is 14.6 Å². The molecule has 1 saturated heterocycles. The number of methoxy groups -OCH3 is 2. The van der Waals surface area contributed by atoms with Gasteiger partial charge in [0, 0.05) is 10.7 Å². The number of Topliss-reactive ketones (excluding diaryl/α,β-unsaturated/α-hetero) is 1. The van der Waals surface area contributed by atoms with Gasteiger partial charge in [-0.05, 0) is 61.4 Å². The third-order valence-electron chi connectivity index (χ3n) is 5.90. The number of rotatable bonds is 5. The van der Waals surface area contributed by atoms with E-state index in [1.54, 1.807) is 54.6 Å². The van der Waals surface area contributed by atoms with E-state index in [9.17, 15) is 14.7 Å². The highest BCUT2D eigenvalue weighted by Crippen LogP contribution is 2.44. The Bertz CT molecular complexity index is 1330. The van der Waals surface area contributed by atoms with Gasteiger partial charge in [-0.3, -0.25) is 14.5 Å². The van der Waals surface area contributed by atoms with Crippen molar-refractivity contribution in [3.8, 4) is 11.5 Å². The number of amides is 1. The summed E-state index contributed by atoms with van der Waals surface area (Å²) in [6.07, 6.45) is 0. The van der Waals surface area contributed by atoms with Gasteiger partial charge in [0.05, 0.1) is 31.4 Å². The normalized spacial score (nSPS) is 17.2. The van der Waals surface area contributed by atoms with Crippen molar-refractivity contribution in [1.29, 1.82) is 0 Å². The fraction of sp³-hybridized carbons (Fsp3) is 0.185. The molecule has 1 N–H and O–H groups in total. The summed E-state index contributed by atoms with van der Waals surface area (Å²) in [4.78, 5) is 28.1. The van der Waals surface area contributed by atoms with E-state index in [4.69, 9.17) is 21.1 Å². The van der Waals surface area contributed by atoms with E-state index in [0.717, 1.165) is 11.1 Å². The maximum Gasteiger partial charge on any atom is 0.300 e. The number of aliphatic hydroxyl groups excluding tert-OH is 1. The summed E-state index contributed by atoms with van der Waals surface area (Å²) in [5.41, 5.74) is 3.03. The number of aryl methyl sites for hydroxylation is 2. The zero-order chi connectivity index (χ0) is 24.6. The molecule has 0 spiro atoms. The summed E-state index contributed by atoms with van der Waals surface area (Å²) in [7, 11) is 3.02. The number of hydrogen-bond donors (Lipinski definition) is 1. The Morgan fingerprint density at radius 1 is 0.971 bits per heavy atom. The van der Waals surface area contributed by atoms with Crippen LogP contribution in [-0.4, -0.2) is 31.0 Å². The summed E-state index contributed by atoms with van der Waals surface area (Å²) < 4.78 is 10.8. The van der Waals surface area contributed by atoms with Gasteiger partial charge in [-0.2, -0.15) is 0 Å². The smallest absolute Gasteiger partial charge is 0.300 e. The van der Waals surface area contributed by atoms with Crippen molar-refractivity contribution in [3.05, 3.63) is 93.5 Å². The number of carbonyl (C=O) groups is 2. The average molecular weight is 478 g/mol. The minimum atomic E-state index is -0.904. The van der Waals surface area contributed by atoms with E-state index in [0.29, 0.717) is 33.3 Å². The first-order valence-electron chi connectivity index (χ1n) is 10.6. The molecular formula is C27H24ClNO5. The minimum absolute atomic E-state index is 0.0427. The second kappa shape index (κ2) is 9.23. The lowest BCUT2D eigenvalue weighted by molar-refractivity contribution is -0.132. The van der Waals surface area contributed by atoms with Gasteiger partial charge >= 0.3 is 0 Å². The first-order chi connectivity index (χ1) is 16.3. The largest absolute Gasteiger partial charge is 0.507 e. The lowest BCUT2D eigenvalue weighted by Crippen LogP contribution is -2.29. The van der Waals surface area contributed by atoms with Crippen LogP contribution >= 0.6 is 11.6 Å². The van der Waals surface area contributed by atoms with Gasteiger partial charge in [0.25, 0.3) is 11.7 Å². The average Bonchev–Trinajstić information content (AvgIpc) is 3.10. The quantitative estimate of drug-likeness (QED) is 0.294. The fourth-order valence-electron chi connectivity index (χ4n) is 4.11. The summed E-state index contributed by atoms with van der Waals surface area (Å²) in [6.45, 7) is 3.71. The van der Waals surface area contributed by atoms with Crippen molar-refractivity contribution >= 4 is 34.7 Å². The van der Waals surface area contributed by atoms with Crippen LogP contribution in [0.4, 0.5) is 5.69 Å². The van der Waals surface area contributed by atoms with E-state index < -0.39 is 17.7 Å². The van der Waals surface area contributed by atoms with Gasteiger partial charge in [0.1, 0.15) is 17.3 Å². The SMILES string of the molecule is COc1cccc(C2/C(=C(\O)c3cc(C)ccc3OC)C(=O)C(=O)N2c2ccc(C)c(Cl)c2)c1. The maximum atomic E-state index is 13.4.